The standard InChI is InChI=1S/C15H15NO/c17-10-16-15-13-7-6-11(8-13)9-14(15)12-4-2-1-3-5-12/h1-5,9,11,13,15H,6-8H2/t11-,13-,15-/m0/s1. The highest BCUT2D eigenvalue weighted by molar-refractivity contribution is 5.72. The van der Waals surface area contributed by atoms with Gasteiger partial charge in [0.15, 0.2) is 0 Å². The molecule has 2 aliphatic carbocycles. The van der Waals surface area contributed by atoms with Gasteiger partial charge in [-0.3, -0.25) is 0 Å². The van der Waals surface area contributed by atoms with Crippen molar-refractivity contribution in [1.29, 1.82) is 0 Å². The summed E-state index contributed by atoms with van der Waals surface area (Å²) in [5.41, 5.74) is 2.43. The summed E-state index contributed by atoms with van der Waals surface area (Å²) >= 11 is 0. The number of nitrogens with zero attached hydrogens (tertiary/aromatic N) is 1. The molecule has 1 aromatic carbocycles. The molecule has 17 heavy (non-hydrogen) atoms. The monoisotopic (exact) mass is 225 g/mol. The van der Waals surface area contributed by atoms with Gasteiger partial charge in [0, 0.05) is 0 Å². The molecule has 2 heteroatoms. The molecular formula is C15H15NO. The van der Waals surface area contributed by atoms with Gasteiger partial charge in [-0.1, -0.05) is 36.4 Å². The van der Waals surface area contributed by atoms with E-state index in [1.165, 1.54) is 30.4 Å². The van der Waals surface area contributed by atoms with Gasteiger partial charge in [0.25, 0.3) is 0 Å². The number of hydrogen-bond donors (Lipinski definition) is 0. The second-order valence-corrected chi connectivity index (χ2v) is 4.99. The number of aliphatic imine (C=N–C) groups is 1. The van der Waals surface area contributed by atoms with Crippen molar-refractivity contribution in [2.45, 2.75) is 25.3 Å². The Bertz CT molecular complexity index is 485. The lowest BCUT2D eigenvalue weighted by atomic mass is 9.82. The molecule has 86 valence electrons. The Hall–Kier alpha value is -1.66. The quantitative estimate of drug-likeness (QED) is 0.561. The summed E-state index contributed by atoms with van der Waals surface area (Å²) in [4.78, 5) is 14.7. The predicted molar refractivity (Wildman–Crippen MR) is 67.2 cm³/mol. The largest absolute Gasteiger partial charge is 0.235 e. The average molecular weight is 225 g/mol. The summed E-state index contributed by atoms with van der Waals surface area (Å²) in [5, 5.41) is 0. The second-order valence-electron chi connectivity index (χ2n) is 4.99. The fourth-order valence-electron chi connectivity index (χ4n) is 3.23. The van der Waals surface area contributed by atoms with Crippen LogP contribution in [0, 0.1) is 11.8 Å². The van der Waals surface area contributed by atoms with Crippen LogP contribution in [0.4, 0.5) is 0 Å². The van der Waals surface area contributed by atoms with Gasteiger partial charge >= 0.3 is 0 Å². The van der Waals surface area contributed by atoms with Crippen LogP contribution in [0.2, 0.25) is 0 Å². The first kappa shape index (κ1) is 10.5. The minimum atomic E-state index is 0.0358. The van der Waals surface area contributed by atoms with Crippen LogP contribution in [-0.2, 0) is 4.79 Å². The van der Waals surface area contributed by atoms with Crippen LogP contribution in [0.1, 0.15) is 24.8 Å². The van der Waals surface area contributed by atoms with E-state index in [0.29, 0.717) is 11.8 Å². The Labute approximate surface area is 101 Å². The molecule has 1 fully saturated rings. The van der Waals surface area contributed by atoms with Crippen molar-refractivity contribution in [2.24, 2.45) is 16.8 Å². The Kier molecular flexibility index (Phi) is 2.66. The number of rotatable bonds is 2. The fourth-order valence-corrected chi connectivity index (χ4v) is 3.23. The zero-order valence-electron chi connectivity index (χ0n) is 9.67. The van der Waals surface area contributed by atoms with Gasteiger partial charge in [0.05, 0.1) is 6.04 Å². The van der Waals surface area contributed by atoms with E-state index in [9.17, 15) is 4.79 Å². The molecule has 0 saturated heterocycles. The molecule has 0 aromatic heterocycles. The van der Waals surface area contributed by atoms with E-state index in [1.807, 2.05) is 18.2 Å². The molecule has 0 unspecified atom stereocenters. The Morgan fingerprint density at radius 1 is 1.18 bits per heavy atom. The molecule has 2 bridgehead atoms. The summed E-state index contributed by atoms with van der Waals surface area (Å²) in [5.74, 6) is 1.23. The highest BCUT2D eigenvalue weighted by Gasteiger charge is 2.37. The summed E-state index contributed by atoms with van der Waals surface area (Å²) in [6, 6.07) is 10.3. The molecule has 0 radical (unpaired) electrons. The molecule has 0 aliphatic heterocycles. The van der Waals surface area contributed by atoms with Crippen LogP contribution in [0.3, 0.4) is 0 Å². The van der Waals surface area contributed by atoms with Gasteiger partial charge in [-0.2, -0.15) is 4.99 Å². The van der Waals surface area contributed by atoms with Crippen LogP contribution < -0.4 is 0 Å². The normalized spacial score (nSPS) is 30.6. The molecule has 1 saturated carbocycles. The maximum Gasteiger partial charge on any atom is 0.235 e. The number of benzene rings is 1. The predicted octanol–water partition coefficient (Wildman–Crippen LogP) is 3.20. The summed E-state index contributed by atoms with van der Waals surface area (Å²) in [7, 11) is 0. The van der Waals surface area contributed by atoms with Gasteiger partial charge in [-0.25, -0.2) is 4.79 Å². The Balaban J connectivity index is 2.04. The molecule has 3 rings (SSSR count). The van der Waals surface area contributed by atoms with Gasteiger partial charge in [0.2, 0.25) is 6.08 Å². The number of allylic oxidation sites excluding steroid dienone is 1. The lowest BCUT2D eigenvalue weighted by Gasteiger charge is -2.26. The van der Waals surface area contributed by atoms with E-state index in [-0.39, 0.29) is 6.04 Å². The first-order valence-corrected chi connectivity index (χ1v) is 6.22. The van der Waals surface area contributed by atoms with Crippen molar-refractivity contribution in [3.05, 3.63) is 42.0 Å². The lowest BCUT2D eigenvalue weighted by molar-refractivity contribution is 0.468. The van der Waals surface area contributed by atoms with Crippen molar-refractivity contribution >= 4 is 11.7 Å². The van der Waals surface area contributed by atoms with E-state index in [4.69, 9.17) is 0 Å². The highest BCUT2D eigenvalue weighted by Crippen LogP contribution is 2.45. The van der Waals surface area contributed by atoms with Crippen LogP contribution in [0.25, 0.3) is 5.57 Å². The summed E-state index contributed by atoms with van der Waals surface area (Å²) in [6.45, 7) is 0. The summed E-state index contributed by atoms with van der Waals surface area (Å²) in [6.07, 6.45) is 7.69. The molecule has 2 nitrogen and oxygen atoms in total. The van der Waals surface area contributed by atoms with Crippen LogP contribution in [0.15, 0.2) is 41.4 Å². The van der Waals surface area contributed by atoms with Crippen LogP contribution in [-0.4, -0.2) is 12.1 Å². The third-order valence-corrected chi connectivity index (χ3v) is 3.99. The van der Waals surface area contributed by atoms with E-state index >= 15 is 0 Å². The third kappa shape index (κ3) is 1.85. The number of isocyanates is 1. The van der Waals surface area contributed by atoms with E-state index in [1.54, 1.807) is 6.08 Å². The molecule has 3 atom stereocenters. The molecule has 0 heterocycles. The second kappa shape index (κ2) is 4.31. The number of hydrogen-bond acceptors (Lipinski definition) is 2. The number of carbonyl (C=O) groups excluding carboxylic acids is 1. The topological polar surface area (TPSA) is 29.4 Å². The maximum atomic E-state index is 10.6. The first-order valence-electron chi connectivity index (χ1n) is 6.22. The molecule has 1 aromatic rings. The maximum absolute atomic E-state index is 10.6. The summed E-state index contributed by atoms with van der Waals surface area (Å²) < 4.78 is 0. The van der Waals surface area contributed by atoms with Crippen molar-refractivity contribution < 1.29 is 4.79 Å². The minimum absolute atomic E-state index is 0.0358. The number of fused-ring (bicyclic) bond motifs is 2. The Morgan fingerprint density at radius 2 is 2.00 bits per heavy atom. The van der Waals surface area contributed by atoms with Crippen molar-refractivity contribution in [3.63, 3.8) is 0 Å². The van der Waals surface area contributed by atoms with Crippen LogP contribution >= 0.6 is 0 Å². The molecule has 0 amide bonds. The van der Waals surface area contributed by atoms with Gasteiger partial charge in [-0.05, 0) is 42.2 Å². The Morgan fingerprint density at radius 3 is 2.76 bits per heavy atom. The van der Waals surface area contributed by atoms with Gasteiger partial charge < -0.3 is 0 Å². The first-order chi connectivity index (χ1) is 8.38. The zero-order chi connectivity index (χ0) is 11.7. The third-order valence-electron chi connectivity index (χ3n) is 3.99. The van der Waals surface area contributed by atoms with Gasteiger partial charge in [0.1, 0.15) is 0 Å². The van der Waals surface area contributed by atoms with Crippen molar-refractivity contribution in [2.75, 3.05) is 0 Å². The minimum Gasteiger partial charge on any atom is -0.211 e. The molecule has 0 N–H and O–H groups in total. The molecular weight excluding hydrogens is 210 g/mol. The zero-order valence-corrected chi connectivity index (χ0v) is 9.67. The average Bonchev–Trinajstić information content (AvgIpc) is 2.77. The van der Waals surface area contributed by atoms with Crippen molar-refractivity contribution in [1.82, 2.24) is 0 Å². The van der Waals surface area contributed by atoms with E-state index < -0.39 is 0 Å². The van der Waals surface area contributed by atoms with Gasteiger partial charge in [-0.15, -0.1) is 0 Å². The SMILES string of the molecule is O=C=N[C@@H]1C(c2ccccc2)=C[C@H]2CC[C@H]1C2. The van der Waals surface area contributed by atoms with Crippen molar-refractivity contribution in [3.8, 4) is 0 Å². The van der Waals surface area contributed by atoms with E-state index in [2.05, 4.69) is 23.2 Å². The highest BCUT2D eigenvalue weighted by atomic mass is 16.1. The van der Waals surface area contributed by atoms with Crippen LogP contribution in [0.5, 0.6) is 0 Å². The van der Waals surface area contributed by atoms with E-state index in [0.717, 1.165) is 0 Å². The molecule has 2 aliphatic rings. The lowest BCUT2D eigenvalue weighted by Crippen LogP contribution is -2.21. The smallest absolute Gasteiger partial charge is 0.211 e. The fraction of sp³-hybridized carbons (Fsp3) is 0.400. The molecule has 0 spiro atoms.